The molecule has 0 aliphatic carbocycles. The van der Waals surface area contributed by atoms with Crippen molar-refractivity contribution in [1.82, 2.24) is 0 Å². The van der Waals surface area contributed by atoms with E-state index in [1.54, 1.807) is 36.4 Å². The van der Waals surface area contributed by atoms with Crippen LogP contribution in [0.4, 0.5) is 5.69 Å². The molecule has 3 aromatic rings. The number of ether oxygens (including phenoxy) is 2. The Morgan fingerprint density at radius 1 is 1.07 bits per heavy atom. The zero-order chi connectivity index (χ0) is 19.1. The number of carbonyl (C=O) groups excluding carboxylic acids is 1. The summed E-state index contributed by atoms with van der Waals surface area (Å²) in [6, 6.07) is 19.4. The molecule has 0 radical (unpaired) electrons. The summed E-state index contributed by atoms with van der Waals surface area (Å²) < 4.78 is 17.3. The summed E-state index contributed by atoms with van der Waals surface area (Å²) in [5, 5.41) is 11.2. The van der Waals surface area contributed by atoms with E-state index >= 15 is 0 Å². The van der Waals surface area contributed by atoms with Gasteiger partial charge in [0.15, 0.2) is 12.4 Å². The first kappa shape index (κ1) is 18.5. The van der Waals surface area contributed by atoms with Crippen molar-refractivity contribution in [2.24, 2.45) is 0 Å². The second-order valence-corrected chi connectivity index (χ2v) is 6.35. The van der Waals surface area contributed by atoms with Gasteiger partial charge in [-0.25, -0.2) is 0 Å². The Labute approximate surface area is 164 Å². The maximum absolute atomic E-state index is 12.3. The molecule has 7 heteroatoms. The molecule has 0 saturated heterocycles. The van der Waals surface area contributed by atoms with Crippen LogP contribution in [0.5, 0.6) is 11.5 Å². The number of amides is 1. The monoisotopic (exact) mass is 426 g/mol. The maximum atomic E-state index is 12.3. The number of carbonyl (C=O) groups is 1. The van der Waals surface area contributed by atoms with Crippen LogP contribution in [-0.4, -0.2) is 12.5 Å². The number of furan rings is 1. The van der Waals surface area contributed by atoms with Gasteiger partial charge in [-0.2, -0.15) is 5.26 Å². The number of hydrogen-bond donors (Lipinski definition) is 1. The molecule has 1 heterocycles. The fourth-order valence-electron chi connectivity index (χ4n) is 2.23. The van der Waals surface area contributed by atoms with Crippen LogP contribution in [0.3, 0.4) is 0 Å². The van der Waals surface area contributed by atoms with Crippen molar-refractivity contribution in [1.29, 1.82) is 5.26 Å². The van der Waals surface area contributed by atoms with Gasteiger partial charge in [0, 0.05) is 10.2 Å². The summed E-state index contributed by atoms with van der Waals surface area (Å²) in [5.41, 5.74) is 0.590. The summed E-state index contributed by atoms with van der Waals surface area (Å²) in [5.74, 6) is 1.62. The fraction of sp³-hybridized carbons (Fsp3) is 0.100. The molecule has 1 aromatic heterocycles. The molecule has 27 heavy (non-hydrogen) atoms. The normalized spacial score (nSPS) is 10.1. The predicted molar refractivity (Wildman–Crippen MR) is 103 cm³/mol. The Kier molecular flexibility index (Phi) is 6.13. The lowest BCUT2D eigenvalue weighted by molar-refractivity contribution is 0.0992. The van der Waals surface area contributed by atoms with Gasteiger partial charge in [0.25, 0.3) is 5.91 Å². The van der Waals surface area contributed by atoms with Crippen LogP contribution in [-0.2, 0) is 6.61 Å². The van der Waals surface area contributed by atoms with Gasteiger partial charge in [-0.1, -0.05) is 22.0 Å². The first-order valence-electron chi connectivity index (χ1n) is 8.02. The lowest BCUT2D eigenvalue weighted by Gasteiger charge is -2.06. The van der Waals surface area contributed by atoms with E-state index in [4.69, 9.17) is 19.2 Å². The molecular weight excluding hydrogens is 412 g/mol. The highest BCUT2D eigenvalue weighted by Crippen LogP contribution is 2.20. The highest BCUT2D eigenvalue weighted by molar-refractivity contribution is 9.10. The van der Waals surface area contributed by atoms with Gasteiger partial charge in [0.05, 0.1) is 0 Å². The van der Waals surface area contributed by atoms with E-state index < -0.39 is 0 Å². The van der Waals surface area contributed by atoms with Crippen molar-refractivity contribution < 1.29 is 18.7 Å². The van der Waals surface area contributed by atoms with Gasteiger partial charge >= 0.3 is 0 Å². The Morgan fingerprint density at radius 2 is 1.89 bits per heavy atom. The number of anilines is 1. The van der Waals surface area contributed by atoms with Gasteiger partial charge in [-0.05, 0) is 54.6 Å². The van der Waals surface area contributed by atoms with E-state index in [9.17, 15) is 4.79 Å². The average Bonchev–Trinajstić information content (AvgIpc) is 3.15. The molecule has 1 N–H and O–H groups in total. The van der Waals surface area contributed by atoms with E-state index in [-0.39, 0.29) is 24.9 Å². The van der Waals surface area contributed by atoms with Crippen LogP contribution in [0.25, 0.3) is 0 Å². The molecule has 2 aromatic carbocycles. The maximum Gasteiger partial charge on any atom is 0.291 e. The van der Waals surface area contributed by atoms with Crippen LogP contribution < -0.4 is 14.8 Å². The summed E-state index contributed by atoms with van der Waals surface area (Å²) in [6.45, 7) is 0.192. The standard InChI is InChI=1S/C20H15BrN2O4/c21-14-2-1-3-17(12-14)26-13-18-8-9-19(27-18)20(24)23-15-4-6-16(7-5-15)25-11-10-22/h1-9,12H,11,13H2,(H,23,24). The first-order valence-corrected chi connectivity index (χ1v) is 8.81. The van der Waals surface area contributed by atoms with Crippen LogP contribution in [0.2, 0.25) is 0 Å². The predicted octanol–water partition coefficient (Wildman–Crippen LogP) is 4.78. The van der Waals surface area contributed by atoms with E-state index in [0.717, 1.165) is 4.47 Å². The van der Waals surface area contributed by atoms with E-state index in [1.165, 1.54) is 0 Å². The van der Waals surface area contributed by atoms with Gasteiger partial charge in [-0.3, -0.25) is 4.79 Å². The highest BCUT2D eigenvalue weighted by Gasteiger charge is 2.12. The Bertz CT molecular complexity index is 961. The minimum atomic E-state index is -0.366. The zero-order valence-corrected chi connectivity index (χ0v) is 15.7. The van der Waals surface area contributed by atoms with Crippen LogP contribution in [0.15, 0.2) is 69.6 Å². The third-order valence-corrected chi connectivity index (χ3v) is 3.97. The third-order valence-electron chi connectivity index (χ3n) is 3.48. The SMILES string of the molecule is N#CCOc1ccc(NC(=O)c2ccc(COc3cccc(Br)c3)o2)cc1. The van der Waals surface area contributed by atoms with Crippen molar-refractivity contribution in [2.45, 2.75) is 6.61 Å². The molecule has 0 aliphatic heterocycles. The molecule has 0 aliphatic rings. The molecule has 0 bridgehead atoms. The van der Waals surface area contributed by atoms with Crippen molar-refractivity contribution in [3.05, 3.63) is 76.7 Å². The lowest BCUT2D eigenvalue weighted by atomic mass is 10.3. The summed E-state index contributed by atoms with van der Waals surface area (Å²) >= 11 is 3.38. The fourth-order valence-corrected chi connectivity index (χ4v) is 2.61. The van der Waals surface area contributed by atoms with Crippen molar-refractivity contribution >= 4 is 27.5 Å². The van der Waals surface area contributed by atoms with Crippen LogP contribution >= 0.6 is 15.9 Å². The second-order valence-electron chi connectivity index (χ2n) is 5.44. The zero-order valence-electron chi connectivity index (χ0n) is 14.1. The average molecular weight is 427 g/mol. The van der Waals surface area contributed by atoms with Crippen LogP contribution in [0, 0.1) is 11.3 Å². The molecule has 0 unspecified atom stereocenters. The van der Waals surface area contributed by atoms with Gasteiger partial charge in [0.2, 0.25) is 0 Å². The number of nitriles is 1. The van der Waals surface area contributed by atoms with Gasteiger partial charge < -0.3 is 19.2 Å². The molecule has 6 nitrogen and oxygen atoms in total. The number of nitrogens with zero attached hydrogens (tertiary/aromatic N) is 1. The van der Waals surface area contributed by atoms with Crippen molar-refractivity contribution in [3.63, 3.8) is 0 Å². The van der Waals surface area contributed by atoms with E-state index in [1.807, 2.05) is 30.3 Å². The van der Waals surface area contributed by atoms with Gasteiger partial charge in [-0.15, -0.1) is 0 Å². The van der Waals surface area contributed by atoms with E-state index in [0.29, 0.717) is 22.9 Å². The van der Waals surface area contributed by atoms with Crippen molar-refractivity contribution in [3.8, 4) is 17.6 Å². The Morgan fingerprint density at radius 3 is 2.63 bits per heavy atom. The topological polar surface area (TPSA) is 84.5 Å². The van der Waals surface area contributed by atoms with Gasteiger partial charge in [0.1, 0.15) is 29.9 Å². The Balaban J connectivity index is 1.55. The Hall–Kier alpha value is -3.24. The number of rotatable bonds is 7. The summed E-state index contributed by atoms with van der Waals surface area (Å²) in [7, 11) is 0. The molecule has 1 amide bonds. The summed E-state index contributed by atoms with van der Waals surface area (Å²) in [4.78, 5) is 12.3. The molecule has 0 spiro atoms. The molecule has 136 valence electrons. The molecule has 3 rings (SSSR count). The molecule has 0 fully saturated rings. The third kappa shape index (κ3) is 5.36. The largest absolute Gasteiger partial charge is 0.486 e. The lowest BCUT2D eigenvalue weighted by Crippen LogP contribution is -2.10. The minimum Gasteiger partial charge on any atom is -0.486 e. The number of hydrogen-bond acceptors (Lipinski definition) is 5. The van der Waals surface area contributed by atoms with Crippen molar-refractivity contribution in [2.75, 3.05) is 11.9 Å². The van der Waals surface area contributed by atoms with Crippen LogP contribution in [0.1, 0.15) is 16.3 Å². The van der Waals surface area contributed by atoms with E-state index in [2.05, 4.69) is 21.2 Å². The number of benzene rings is 2. The molecule has 0 atom stereocenters. The minimum absolute atomic E-state index is 0.0249. The quantitative estimate of drug-likeness (QED) is 0.587. The first-order chi connectivity index (χ1) is 13.1. The smallest absolute Gasteiger partial charge is 0.291 e. The molecular formula is C20H15BrN2O4. The molecule has 0 saturated carbocycles. The number of halogens is 1. The highest BCUT2D eigenvalue weighted by atomic mass is 79.9. The second kappa shape index (κ2) is 8.92. The number of nitrogens with one attached hydrogen (secondary N) is 1. The summed E-state index contributed by atoms with van der Waals surface area (Å²) in [6.07, 6.45) is 0.